The topological polar surface area (TPSA) is 84.9 Å². The van der Waals surface area contributed by atoms with E-state index in [1.54, 1.807) is 14.2 Å². The molecule has 9 atom stereocenters. The van der Waals surface area contributed by atoms with Crippen LogP contribution in [-0.4, -0.2) is 37.3 Å². The van der Waals surface area contributed by atoms with Crippen LogP contribution in [0.3, 0.4) is 0 Å². The van der Waals surface area contributed by atoms with Crippen LogP contribution in [0.2, 0.25) is 0 Å². The molecule has 4 fully saturated rings. The molecule has 0 spiro atoms. The average molecular weight is 620 g/mol. The molecular formula is C39H57NO5. The van der Waals surface area contributed by atoms with Crippen molar-refractivity contribution in [3.05, 3.63) is 35.9 Å². The molecule has 5 aliphatic carbocycles. The molecule has 1 aromatic carbocycles. The average Bonchev–Trinajstić information content (AvgIpc) is 2.98. The molecule has 45 heavy (non-hydrogen) atoms. The van der Waals surface area contributed by atoms with Crippen LogP contribution in [0, 0.1) is 56.2 Å². The quantitative estimate of drug-likeness (QED) is 0.196. The van der Waals surface area contributed by atoms with Crippen LogP contribution in [-0.2, 0) is 14.3 Å². The van der Waals surface area contributed by atoms with Gasteiger partial charge in [0.25, 0.3) is 0 Å². The van der Waals surface area contributed by atoms with Gasteiger partial charge in [-0.05, 0) is 109 Å². The van der Waals surface area contributed by atoms with Crippen LogP contribution < -0.4 is 10.1 Å². The van der Waals surface area contributed by atoms with Crippen LogP contribution in [0.1, 0.15) is 106 Å². The Hall–Kier alpha value is -2.34. The van der Waals surface area contributed by atoms with Crippen LogP contribution in [0.25, 0.3) is 0 Å². The van der Waals surface area contributed by atoms with Gasteiger partial charge in [0.1, 0.15) is 17.8 Å². The van der Waals surface area contributed by atoms with Gasteiger partial charge in [-0.25, -0.2) is 0 Å². The molecule has 0 aromatic heterocycles. The van der Waals surface area contributed by atoms with Gasteiger partial charge in [0.2, 0.25) is 0 Å². The number of esters is 1. The maximum atomic E-state index is 14.2. The first-order chi connectivity index (χ1) is 21.0. The smallest absolute Gasteiger partial charge is 0.312 e. The van der Waals surface area contributed by atoms with Gasteiger partial charge in [0.15, 0.2) is 0 Å². The molecule has 1 aromatic rings. The van der Waals surface area contributed by atoms with Crippen molar-refractivity contribution in [3.63, 3.8) is 0 Å². The number of anilines is 1. The van der Waals surface area contributed by atoms with Crippen LogP contribution in [0.15, 0.2) is 35.9 Å². The van der Waals surface area contributed by atoms with Gasteiger partial charge in [-0.15, -0.1) is 0 Å². The summed E-state index contributed by atoms with van der Waals surface area (Å²) in [5.41, 5.74) is 1.36. The van der Waals surface area contributed by atoms with Crippen molar-refractivity contribution in [1.82, 2.24) is 0 Å². The molecule has 9 unspecified atom stereocenters. The van der Waals surface area contributed by atoms with E-state index in [0.717, 1.165) is 57.1 Å². The summed E-state index contributed by atoms with van der Waals surface area (Å²) in [4.78, 5) is 27.8. The van der Waals surface area contributed by atoms with Crippen molar-refractivity contribution in [2.24, 2.45) is 56.2 Å². The minimum absolute atomic E-state index is 0.0122. The minimum atomic E-state index is -0.986. The number of fused-ring (bicyclic) bond motifs is 7. The van der Waals surface area contributed by atoms with Gasteiger partial charge in [-0.1, -0.05) is 66.2 Å². The molecule has 6 nitrogen and oxygen atoms in total. The lowest BCUT2D eigenvalue weighted by atomic mass is 9.33. The largest absolute Gasteiger partial charge is 0.497 e. The van der Waals surface area contributed by atoms with Crippen molar-refractivity contribution >= 4 is 17.4 Å². The second kappa shape index (κ2) is 10.6. The fourth-order valence-electron chi connectivity index (χ4n) is 12.1. The molecule has 6 heteroatoms. The molecule has 0 radical (unpaired) electrons. The number of aliphatic hydroxyl groups is 1. The van der Waals surface area contributed by atoms with E-state index in [4.69, 9.17) is 9.47 Å². The van der Waals surface area contributed by atoms with Crippen molar-refractivity contribution in [2.75, 3.05) is 19.5 Å². The predicted molar refractivity (Wildman–Crippen MR) is 178 cm³/mol. The summed E-state index contributed by atoms with van der Waals surface area (Å²) in [7, 11) is 3.20. The lowest BCUT2D eigenvalue weighted by Gasteiger charge is -2.71. The van der Waals surface area contributed by atoms with E-state index in [1.165, 1.54) is 5.57 Å². The van der Waals surface area contributed by atoms with E-state index < -0.39 is 23.0 Å². The Balaban J connectivity index is 1.38. The highest BCUT2D eigenvalue weighted by Gasteiger charge is 2.70. The monoisotopic (exact) mass is 619 g/mol. The zero-order valence-corrected chi connectivity index (χ0v) is 29.2. The molecule has 0 bridgehead atoms. The third-order valence-electron chi connectivity index (χ3n) is 14.8. The number of methoxy groups -OCH3 is 2. The first-order valence-corrected chi connectivity index (χ1v) is 17.4. The molecule has 0 amide bonds. The van der Waals surface area contributed by atoms with E-state index in [1.807, 2.05) is 24.3 Å². The maximum absolute atomic E-state index is 14.2. The summed E-state index contributed by atoms with van der Waals surface area (Å²) < 4.78 is 10.9. The number of carbonyl (C=O) groups is 2. The lowest BCUT2D eigenvalue weighted by Crippen LogP contribution is -2.66. The summed E-state index contributed by atoms with van der Waals surface area (Å²) in [5.74, 6) is 1.19. The Labute approximate surface area is 271 Å². The zero-order valence-electron chi connectivity index (χ0n) is 29.2. The van der Waals surface area contributed by atoms with Gasteiger partial charge in [0, 0.05) is 17.2 Å². The third-order valence-corrected chi connectivity index (χ3v) is 14.8. The van der Waals surface area contributed by atoms with Crippen LogP contribution in [0.5, 0.6) is 5.75 Å². The maximum Gasteiger partial charge on any atom is 0.312 e. The predicted octanol–water partition coefficient (Wildman–Crippen LogP) is 8.20. The molecule has 6 rings (SSSR count). The number of nitrogens with one attached hydrogen (secondary N) is 1. The Morgan fingerprint density at radius 2 is 1.67 bits per heavy atom. The summed E-state index contributed by atoms with van der Waals surface area (Å²) in [6.45, 7) is 16.5. The fourth-order valence-corrected chi connectivity index (χ4v) is 12.1. The summed E-state index contributed by atoms with van der Waals surface area (Å²) in [5, 5.41) is 14.9. The highest BCUT2D eigenvalue weighted by molar-refractivity contribution is 5.88. The number of aliphatic hydroxyl groups excluding tert-OH is 1. The summed E-state index contributed by atoms with van der Waals surface area (Å²) >= 11 is 0. The number of benzene rings is 1. The first-order valence-electron chi connectivity index (χ1n) is 17.4. The molecule has 0 saturated heterocycles. The van der Waals surface area contributed by atoms with Gasteiger partial charge < -0.3 is 19.9 Å². The Morgan fingerprint density at radius 1 is 0.956 bits per heavy atom. The summed E-state index contributed by atoms with van der Waals surface area (Å²) in [6.07, 6.45) is 10.1. The zero-order chi connectivity index (χ0) is 32.8. The number of allylic oxidation sites excluding steroid dienone is 2. The van der Waals surface area contributed by atoms with Gasteiger partial charge in [-0.2, -0.15) is 0 Å². The van der Waals surface area contributed by atoms with Gasteiger partial charge in [0.05, 0.1) is 25.6 Å². The highest BCUT2D eigenvalue weighted by Crippen LogP contribution is 2.76. The molecule has 5 aliphatic rings. The van der Waals surface area contributed by atoms with Crippen molar-refractivity contribution in [2.45, 2.75) is 112 Å². The standard InChI is InChI=1S/C39H57NO5/c1-34(2)17-19-39(33(43)45-9)20-18-37(6)27(28(39)23-34)13-14-30-36(5)22-26(32(42)40-24-11-10-12-25(21-24)44-8)31(41)35(3,4)29(36)15-16-38(30,37)7/h10-13,21,26,28-30,32,40,42H,14-20,22-23H2,1-9H3. The van der Waals surface area contributed by atoms with E-state index in [0.29, 0.717) is 18.1 Å². The molecular weight excluding hydrogens is 562 g/mol. The van der Waals surface area contributed by atoms with Crippen LogP contribution in [0.4, 0.5) is 5.69 Å². The van der Waals surface area contributed by atoms with E-state index in [2.05, 4.69) is 59.9 Å². The second-order valence-electron chi connectivity index (χ2n) is 17.6. The number of Topliss-reactive ketones (excluding diaryl/α,β-unsaturated/α-hetero) is 1. The molecule has 2 N–H and O–H groups in total. The van der Waals surface area contributed by atoms with Gasteiger partial charge >= 0.3 is 5.97 Å². The van der Waals surface area contributed by atoms with E-state index in [-0.39, 0.29) is 45.2 Å². The van der Waals surface area contributed by atoms with E-state index in [9.17, 15) is 14.7 Å². The Morgan fingerprint density at radius 3 is 2.36 bits per heavy atom. The molecule has 0 aliphatic heterocycles. The van der Waals surface area contributed by atoms with Gasteiger partial charge in [-0.3, -0.25) is 9.59 Å². The normalized spacial score (nSPS) is 42.1. The third kappa shape index (κ3) is 4.58. The minimum Gasteiger partial charge on any atom is -0.497 e. The lowest BCUT2D eigenvalue weighted by molar-refractivity contribution is -0.199. The summed E-state index contributed by atoms with van der Waals surface area (Å²) in [6, 6.07) is 7.54. The number of hydrogen-bond donors (Lipinski definition) is 2. The van der Waals surface area contributed by atoms with Crippen molar-refractivity contribution in [1.29, 1.82) is 0 Å². The molecule has 248 valence electrons. The number of ketones is 1. The fraction of sp³-hybridized carbons (Fsp3) is 0.744. The second-order valence-corrected chi connectivity index (χ2v) is 17.6. The number of carbonyl (C=O) groups excluding carboxylic acids is 2. The van der Waals surface area contributed by atoms with Crippen LogP contribution >= 0.6 is 0 Å². The number of rotatable bonds is 5. The number of ether oxygens (including phenoxy) is 2. The SMILES string of the molecule is COC(=O)C12CCC(C)(C)CC1C1=CCC3C4(C)CC(C(O)Nc5cccc(OC)c5)C(=O)C(C)(C)C4CCC3(C)C1(C)CC2. The first kappa shape index (κ1) is 32.6. The molecule has 0 heterocycles. The van der Waals surface area contributed by atoms with E-state index >= 15 is 0 Å². The highest BCUT2D eigenvalue weighted by atomic mass is 16.5. The molecule has 4 saturated carbocycles. The van der Waals surface area contributed by atoms with Crippen molar-refractivity contribution in [3.8, 4) is 5.75 Å². The Kier molecular flexibility index (Phi) is 7.67. The Bertz CT molecular complexity index is 1400. The number of hydrogen-bond acceptors (Lipinski definition) is 6. The van der Waals surface area contributed by atoms with Crippen molar-refractivity contribution < 1.29 is 24.2 Å².